The van der Waals surface area contributed by atoms with Crippen LogP contribution in [-0.4, -0.2) is 12.6 Å². The molecule has 0 spiro atoms. The van der Waals surface area contributed by atoms with Crippen molar-refractivity contribution in [2.24, 2.45) is 5.73 Å². The van der Waals surface area contributed by atoms with Gasteiger partial charge in [0.25, 0.3) is 0 Å². The van der Waals surface area contributed by atoms with E-state index in [-0.39, 0.29) is 18.4 Å². The zero-order valence-corrected chi connectivity index (χ0v) is 10.6. The van der Waals surface area contributed by atoms with Crippen molar-refractivity contribution in [1.29, 1.82) is 0 Å². The smallest absolute Gasteiger partial charge is 0.122 e. The maximum atomic E-state index is 5.90. The fourth-order valence-corrected chi connectivity index (χ4v) is 1.55. The summed E-state index contributed by atoms with van der Waals surface area (Å²) in [6, 6.07) is 5.75. The van der Waals surface area contributed by atoms with Gasteiger partial charge >= 0.3 is 0 Å². The Morgan fingerprint density at radius 3 is 2.67 bits per heavy atom. The summed E-state index contributed by atoms with van der Waals surface area (Å²) in [6.45, 7) is 4.59. The van der Waals surface area contributed by atoms with Crippen LogP contribution in [0.3, 0.4) is 0 Å². The van der Waals surface area contributed by atoms with Crippen molar-refractivity contribution >= 4 is 24.0 Å². The van der Waals surface area contributed by atoms with Crippen LogP contribution in [0.1, 0.15) is 19.4 Å². The SMILES string of the molecule is CCOc1ccc(Cl)cc1CC(C)N.Cl. The molecule has 0 radical (unpaired) electrons. The van der Waals surface area contributed by atoms with Crippen molar-refractivity contribution in [1.82, 2.24) is 0 Å². The minimum absolute atomic E-state index is 0. The van der Waals surface area contributed by atoms with Crippen LogP contribution in [0.4, 0.5) is 0 Å². The average molecular weight is 250 g/mol. The van der Waals surface area contributed by atoms with Gasteiger partial charge in [-0.3, -0.25) is 0 Å². The van der Waals surface area contributed by atoms with Crippen molar-refractivity contribution in [3.8, 4) is 5.75 Å². The molecule has 0 fully saturated rings. The lowest BCUT2D eigenvalue weighted by Crippen LogP contribution is -2.18. The van der Waals surface area contributed by atoms with Crippen LogP contribution < -0.4 is 10.5 Å². The molecule has 0 aliphatic carbocycles. The molecule has 4 heteroatoms. The number of ether oxygens (including phenoxy) is 1. The third-order valence-electron chi connectivity index (χ3n) is 1.86. The molecular weight excluding hydrogens is 233 g/mol. The lowest BCUT2D eigenvalue weighted by atomic mass is 10.1. The monoisotopic (exact) mass is 249 g/mol. The van der Waals surface area contributed by atoms with Crippen LogP contribution >= 0.6 is 24.0 Å². The molecular formula is C11H17Cl2NO. The summed E-state index contributed by atoms with van der Waals surface area (Å²) < 4.78 is 5.48. The first-order valence-corrected chi connectivity index (χ1v) is 5.18. The minimum atomic E-state index is 0. The number of hydrogen-bond donors (Lipinski definition) is 1. The second-order valence-electron chi connectivity index (χ2n) is 3.37. The Kier molecular flexibility index (Phi) is 6.73. The number of nitrogens with two attached hydrogens (primary N) is 1. The highest BCUT2D eigenvalue weighted by molar-refractivity contribution is 6.30. The van der Waals surface area contributed by atoms with Crippen molar-refractivity contribution in [3.63, 3.8) is 0 Å². The van der Waals surface area contributed by atoms with Gasteiger partial charge < -0.3 is 10.5 Å². The highest BCUT2D eigenvalue weighted by atomic mass is 35.5. The first-order valence-electron chi connectivity index (χ1n) is 4.80. The normalized spacial score (nSPS) is 11.7. The van der Waals surface area contributed by atoms with Crippen LogP contribution in [0.5, 0.6) is 5.75 Å². The van der Waals surface area contributed by atoms with E-state index in [4.69, 9.17) is 22.1 Å². The molecule has 86 valence electrons. The molecule has 0 bridgehead atoms. The Bertz CT molecular complexity index is 303. The van der Waals surface area contributed by atoms with E-state index in [9.17, 15) is 0 Å². The first kappa shape index (κ1) is 14.6. The molecule has 1 aromatic rings. The van der Waals surface area contributed by atoms with Gasteiger partial charge in [-0.25, -0.2) is 0 Å². The van der Waals surface area contributed by atoms with E-state index in [1.165, 1.54) is 0 Å². The summed E-state index contributed by atoms with van der Waals surface area (Å²) in [5, 5.41) is 0.726. The summed E-state index contributed by atoms with van der Waals surface area (Å²) in [6.07, 6.45) is 0.788. The van der Waals surface area contributed by atoms with E-state index in [0.29, 0.717) is 6.61 Å². The fourth-order valence-electron chi connectivity index (χ4n) is 1.35. The summed E-state index contributed by atoms with van der Waals surface area (Å²) in [5.74, 6) is 0.884. The Balaban J connectivity index is 0.00000196. The summed E-state index contributed by atoms with van der Waals surface area (Å²) in [5.41, 5.74) is 6.82. The lowest BCUT2D eigenvalue weighted by Gasteiger charge is -2.12. The Labute approximate surface area is 102 Å². The van der Waals surface area contributed by atoms with Crippen LogP contribution in [-0.2, 0) is 6.42 Å². The Morgan fingerprint density at radius 2 is 2.13 bits per heavy atom. The van der Waals surface area contributed by atoms with E-state index in [1.807, 2.05) is 32.0 Å². The fraction of sp³-hybridized carbons (Fsp3) is 0.455. The molecule has 1 atom stereocenters. The van der Waals surface area contributed by atoms with Crippen LogP contribution in [0.15, 0.2) is 18.2 Å². The zero-order valence-electron chi connectivity index (χ0n) is 9.00. The highest BCUT2D eigenvalue weighted by Gasteiger charge is 2.06. The van der Waals surface area contributed by atoms with Gasteiger partial charge in [0.2, 0.25) is 0 Å². The van der Waals surface area contributed by atoms with E-state index < -0.39 is 0 Å². The molecule has 1 unspecified atom stereocenters. The molecule has 0 aliphatic rings. The zero-order chi connectivity index (χ0) is 10.6. The summed E-state index contributed by atoms with van der Waals surface area (Å²) in [4.78, 5) is 0. The second kappa shape index (κ2) is 6.94. The van der Waals surface area contributed by atoms with E-state index >= 15 is 0 Å². The number of halogens is 2. The largest absolute Gasteiger partial charge is 0.494 e. The maximum Gasteiger partial charge on any atom is 0.122 e. The third-order valence-corrected chi connectivity index (χ3v) is 2.10. The van der Waals surface area contributed by atoms with Gasteiger partial charge in [-0.15, -0.1) is 12.4 Å². The third kappa shape index (κ3) is 4.74. The van der Waals surface area contributed by atoms with Crippen molar-refractivity contribution in [2.75, 3.05) is 6.61 Å². The molecule has 0 aromatic heterocycles. The number of rotatable bonds is 4. The van der Waals surface area contributed by atoms with E-state index in [1.54, 1.807) is 0 Å². The first-order chi connectivity index (χ1) is 6.63. The topological polar surface area (TPSA) is 35.2 Å². The van der Waals surface area contributed by atoms with E-state index in [0.717, 1.165) is 22.8 Å². The van der Waals surface area contributed by atoms with Gasteiger partial charge in [-0.2, -0.15) is 0 Å². The van der Waals surface area contributed by atoms with Gasteiger partial charge in [0.05, 0.1) is 6.61 Å². The molecule has 2 nitrogen and oxygen atoms in total. The lowest BCUT2D eigenvalue weighted by molar-refractivity contribution is 0.336. The highest BCUT2D eigenvalue weighted by Crippen LogP contribution is 2.23. The predicted molar refractivity (Wildman–Crippen MR) is 67.2 cm³/mol. The summed E-state index contributed by atoms with van der Waals surface area (Å²) >= 11 is 5.90. The molecule has 1 rings (SSSR count). The van der Waals surface area contributed by atoms with E-state index in [2.05, 4.69) is 0 Å². The minimum Gasteiger partial charge on any atom is -0.494 e. The van der Waals surface area contributed by atoms with Gasteiger partial charge in [-0.05, 0) is 44.0 Å². The van der Waals surface area contributed by atoms with Gasteiger partial charge in [0.1, 0.15) is 5.75 Å². The maximum absolute atomic E-state index is 5.90. The standard InChI is InChI=1S/C11H16ClNO.ClH/c1-3-14-11-5-4-10(12)7-9(11)6-8(2)13;/h4-5,7-8H,3,6,13H2,1-2H3;1H. The molecule has 0 saturated carbocycles. The number of benzene rings is 1. The quantitative estimate of drug-likeness (QED) is 0.891. The molecule has 2 N–H and O–H groups in total. The van der Waals surface area contributed by atoms with Gasteiger partial charge in [-0.1, -0.05) is 11.6 Å². The molecule has 0 amide bonds. The average Bonchev–Trinajstić information content (AvgIpc) is 2.09. The molecule has 0 aliphatic heterocycles. The summed E-state index contributed by atoms with van der Waals surface area (Å²) in [7, 11) is 0. The molecule has 0 heterocycles. The second-order valence-corrected chi connectivity index (χ2v) is 3.80. The Morgan fingerprint density at radius 1 is 1.47 bits per heavy atom. The van der Waals surface area contributed by atoms with Crippen molar-refractivity contribution in [3.05, 3.63) is 28.8 Å². The van der Waals surface area contributed by atoms with Crippen LogP contribution in [0, 0.1) is 0 Å². The molecule has 15 heavy (non-hydrogen) atoms. The van der Waals surface area contributed by atoms with Gasteiger partial charge in [0, 0.05) is 11.1 Å². The van der Waals surface area contributed by atoms with Crippen molar-refractivity contribution in [2.45, 2.75) is 26.3 Å². The number of hydrogen-bond acceptors (Lipinski definition) is 2. The van der Waals surface area contributed by atoms with Crippen molar-refractivity contribution < 1.29 is 4.74 Å². The Hall–Kier alpha value is -0.440. The molecule has 0 saturated heterocycles. The van der Waals surface area contributed by atoms with Crippen LogP contribution in [0.25, 0.3) is 0 Å². The van der Waals surface area contributed by atoms with Crippen LogP contribution in [0.2, 0.25) is 5.02 Å². The van der Waals surface area contributed by atoms with Gasteiger partial charge in [0.15, 0.2) is 0 Å². The molecule has 1 aromatic carbocycles. The predicted octanol–water partition coefficient (Wildman–Crippen LogP) is 3.05.